The van der Waals surface area contributed by atoms with E-state index in [0.717, 1.165) is 60.6 Å². The van der Waals surface area contributed by atoms with Crippen LogP contribution in [0.25, 0.3) is 93.6 Å². The molecule has 6 heteroatoms. The van der Waals surface area contributed by atoms with Crippen LogP contribution in [0.4, 0.5) is 0 Å². The zero-order valence-electron chi connectivity index (χ0n) is 27.9. The van der Waals surface area contributed by atoms with Gasteiger partial charge in [0.05, 0.1) is 21.3 Å². The standard InChI is InChI=1S/C46H29N5S/c1-3-14-30(15-4-1)43-48-44(31-16-5-2-6-17-31)50-45(49-43)34-20-11-18-32(28-34)33-19-12-21-35(29-33)51-39-25-9-7-22-36(39)42-37(23-13-26-40(42)51)46-47-38-24-8-10-27-41(38)52-46/h1-29H. The van der Waals surface area contributed by atoms with Crippen molar-refractivity contribution in [1.82, 2.24) is 24.5 Å². The molecule has 0 saturated heterocycles. The van der Waals surface area contributed by atoms with E-state index in [1.165, 1.54) is 15.5 Å². The van der Waals surface area contributed by atoms with Gasteiger partial charge in [-0.3, -0.25) is 0 Å². The molecule has 0 radical (unpaired) electrons. The van der Waals surface area contributed by atoms with Gasteiger partial charge >= 0.3 is 0 Å². The summed E-state index contributed by atoms with van der Waals surface area (Å²) < 4.78 is 3.57. The first kappa shape index (κ1) is 30.1. The van der Waals surface area contributed by atoms with Gasteiger partial charge in [-0.25, -0.2) is 19.9 Å². The lowest BCUT2D eigenvalue weighted by molar-refractivity contribution is 1.07. The fraction of sp³-hybridized carbons (Fsp3) is 0. The van der Waals surface area contributed by atoms with Crippen molar-refractivity contribution in [2.24, 2.45) is 0 Å². The molecule has 7 aromatic carbocycles. The van der Waals surface area contributed by atoms with Crippen LogP contribution in [0.1, 0.15) is 0 Å². The molecule has 0 aliphatic heterocycles. The van der Waals surface area contributed by atoms with Crippen LogP contribution in [-0.4, -0.2) is 24.5 Å². The van der Waals surface area contributed by atoms with Crippen LogP contribution in [-0.2, 0) is 0 Å². The number of para-hydroxylation sites is 2. The third kappa shape index (κ3) is 5.25. The smallest absolute Gasteiger partial charge is 0.164 e. The van der Waals surface area contributed by atoms with Gasteiger partial charge in [0.1, 0.15) is 5.01 Å². The maximum absolute atomic E-state index is 5.05. The van der Waals surface area contributed by atoms with Gasteiger partial charge in [0.2, 0.25) is 0 Å². The summed E-state index contributed by atoms with van der Waals surface area (Å²) in [6, 6.07) is 61.0. The van der Waals surface area contributed by atoms with E-state index >= 15 is 0 Å². The van der Waals surface area contributed by atoms with Gasteiger partial charge in [-0.15, -0.1) is 11.3 Å². The Bertz CT molecular complexity index is 2820. The Kier molecular flexibility index (Phi) is 7.25. The average molecular weight is 684 g/mol. The zero-order chi connectivity index (χ0) is 34.4. The van der Waals surface area contributed by atoms with Crippen molar-refractivity contribution in [1.29, 1.82) is 0 Å². The molecular weight excluding hydrogens is 655 g/mol. The van der Waals surface area contributed by atoms with Gasteiger partial charge in [-0.05, 0) is 53.6 Å². The monoisotopic (exact) mass is 683 g/mol. The molecule has 0 aliphatic carbocycles. The molecule has 3 heterocycles. The number of hydrogen-bond acceptors (Lipinski definition) is 5. The van der Waals surface area contributed by atoms with Crippen molar-refractivity contribution in [3.63, 3.8) is 0 Å². The van der Waals surface area contributed by atoms with Crippen LogP contribution in [0, 0.1) is 0 Å². The first-order valence-corrected chi connectivity index (χ1v) is 18.0. The molecule has 10 aromatic rings. The number of rotatable bonds is 6. The van der Waals surface area contributed by atoms with E-state index in [-0.39, 0.29) is 0 Å². The molecule has 0 aliphatic rings. The lowest BCUT2D eigenvalue weighted by Gasteiger charge is -2.12. The minimum absolute atomic E-state index is 0.635. The Morgan fingerprint density at radius 2 is 0.962 bits per heavy atom. The number of benzene rings is 7. The second-order valence-electron chi connectivity index (χ2n) is 12.7. The first-order valence-electron chi connectivity index (χ1n) is 17.2. The summed E-state index contributed by atoms with van der Waals surface area (Å²) in [7, 11) is 0. The summed E-state index contributed by atoms with van der Waals surface area (Å²) in [4.78, 5) is 19.9. The van der Waals surface area contributed by atoms with E-state index in [4.69, 9.17) is 19.9 Å². The third-order valence-corrected chi connectivity index (χ3v) is 10.5. The van der Waals surface area contributed by atoms with Crippen molar-refractivity contribution >= 4 is 43.4 Å². The molecule has 0 fully saturated rings. The Morgan fingerprint density at radius 3 is 1.71 bits per heavy atom. The van der Waals surface area contributed by atoms with Crippen molar-refractivity contribution in [3.8, 4) is 61.5 Å². The molecule has 0 N–H and O–H groups in total. The Balaban J connectivity index is 1.10. The highest BCUT2D eigenvalue weighted by Gasteiger charge is 2.19. The maximum Gasteiger partial charge on any atom is 0.164 e. The van der Waals surface area contributed by atoms with E-state index in [1.807, 2.05) is 60.7 Å². The highest BCUT2D eigenvalue weighted by molar-refractivity contribution is 7.21. The topological polar surface area (TPSA) is 56.5 Å². The molecule has 10 rings (SSSR count). The SMILES string of the molecule is c1ccc(-c2nc(-c3ccccc3)nc(-c3cccc(-c4cccc(-n5c6ccccc6c6c(-c7nc8ccccc8s7)cccc65)c4)c3)n2)cc1. The largest absolute Gasteiger partial charge is 0.309 e. The summed E-state index contributed by atoms with van der Waals surface area (Å²) in [6.45, 7) is 0. The number of aromatic nitrogens is 5. The average Bonchev–Trinajstić information content (AvgIpc) is 3.81. The summed E-state index contributed by atoms with van der Waals surface area (Å²) in [5.41, 5.74) is 10.6. The Morgan fingerprint density at radius 1 is 0.404 bits per heavy atom. The Hall–Kier alpha value is -6.76. The van der Waals surface area contributed by atoms with Gasteiger partial charge in [0.15, 0.2) is 17.5 Å². The minimum Gasteiger partial charge on any atom is -0.309 e. The van der Waals surface area contributed by atoms with Crippen LogP contribution < -0.4 is 0 Å². The maximum atomic E-state index is 5.05. The molecule has 0 spiro atoms. The second kappa shape index (κ2) is 12.5. The van der Waals surface area contributed by atoms with Gasteiger partial charge in [0.25, 0.3) is 0 Å². The molecule has 52 heavy (non-hydrogen) atoms. The number of fused-ring (bicyclic) bond motifs is 4. The predicted molar refractivity (Wildman–Crippen MR) is 215 cm³/mol. The van der Waals surface area contributed by atoms with Crippen LogP contribution >= 0.6 is 11.3 Å². The summed E-state index contributed by atoms with van der Waals surface area (Å²) in [6.07, 6.45) is 0. The van der Waals surface area contributed by atoms with Crippen LogP contribution in [0.5, 0.6) is 0 Å². The number of hydrogen-bond donors (Lipinski definition) is 0. The molecule has 0 amide bonds. The molecule has 244 valence electrons. The molecule has 0 atom stereocenters. The third-order valence-electron chi connectivity index (χ3n) is 9.48. The van der Waals surface area contributed by atoms with Crippen molar-refractivity contribution in [2.75, 3.05) is 0 Å². The highest BCUT2D eigenvalue weighted by atomic mass is 32.1. The minimum atomic E-state index is 0.635. The van der Waals surface area contributed by atoms with Gasteiger partial charge in [0, 0.05) is 38.7 Å². The highest BCUT2D eigenvalue weighted by Crippen LogP contribution is 2.41. The quantitative estimate of drug-likeness (QED) is 0.175. The van der Waals surface area contributed by atoms with E-state index in [9.17, 15) is 0 Å². The van der Waals surface area contributed by atoms with E-state index in [0.29, 0.717) is 17.5 Å². The molecule has 3 aromatic heterocycles. The van der Waals surface area contributed by atoms with Crippen molar-refractivity contribution in [3.05, 3.63) is 176 Å². The van der Waals surface area contributed by atoms with Crippen LogP contribution in [0.3, 0.4) is 0 Å². The second-order valence-corrected chi connectivity index (χ2v) is 13.7. The molecule has 5 nitrogen and oxygen atoms in total. The van der Waals surface area contributed by atoms with Crippen molar-refractivity contribution < 1.29 is 0 Å². The van der Waals surface area contributed by atoms with Crippen LogP contribution in [0.2, 0.25) is 0 Å². The predicted octanol–water partition coefficient (Wildman–Crippen LogP) is 11.9. The van der Waals surface area contributed by atoms with E-state index in [1.54, 1.807) is 11.3 Å². The molecular formula is C46H29N5S. The Labute approximate surface area is 304 Å². The lowest BCUT2D eigenvalue weighted by atomic mass is 10.0. The number of thiazole rings is 1. The van der Waals surface area contributed by atoms with Crippen LogP contribution in [0.15, 0.2) is 176 Å². The van der Waals surface area contributed by atoms with E-state index in [2.05, 4.69) is 120 Å². The fourth-order valence-electron chi connectivity index (χ4n) is 7.06. The normalized spacial score (nSPS) is 11.5. The van der Waals surface area contributed by atoms with Crippen molar-refractivity contribution in [2.45, 2.75) is 0 Å². The number of nitrogens with zero attached hydrogens (tertiary/aromatic N) is 5. The molecule has 0 unspecified atom stereocenters. The summed E-state index contributed by atoms with van der Waals surface area (Å²) in [5, 5.41) is 3.45. The van der Waals surface area contributed by atoms with Gasteiger partial charge < -0.3 is 4.57 Å². The summed E-state index contributed by atoms with van der Waals surface area (Å²) in [5.74, 6) is 1.93. The lowest BCUT2D eigenvalue weighted by Crippen LogP contribution is -2.00. The van der Waals surface area contributed by atoms with Gasteiger partial charge in [-0.1, -0.05) is 133 Å². The fourth-order valence-corrected chi connectivity index (χ4v) is 8.06. The molecule has 0 bridgehead atoms. The van der Waals surface area contributed by atoms with Gasteiger partial charge in [-0.2, -0.15) is 0 Å². The van der Waals surface area contributed by atoms with E-state index < -0.39 is 0 Å². The zero-order valence-corrected chi connectivity index (χ0v) is 28.7. The summed E-state index contributed by atoms with van der Waals surface area (Å²) >= 11 is 1.74. The first-order chi connectivity index (χ1) is 25.8. The molecule has 0 saturated carbocycles.